The van der Waals surface area contributed by atoms with Gasteiger partial charge in [-0.1, -0.05) is 23.7 Å². The number of nitrogens with one attached hydrogen (secondary N) is 1. The Morgan fingerprint density at radius 2 is 2.09 bits per heavy atom. The molecule has 5 nitrogen and oxygen atoms in total. The molecule has 0 saturated carbocycles. The summed E-state index contributed by atoms with van der Waals surface area (Å²) in [4.78, 5) is 14.2. The maximum absolute atomic E-state index is 13.0. The number of hydrogen-bond donors (Lipinski definition) is 1. The van der Waals surface area contributed by atoms with E-state index in [1.807, 2.05) is 14.1 Å². The first-order valence-electron chi connectivity index (χ1n) is 7.35. The summed E-state index contributed by atoms with van der Waals surface area (Å²) in [5.74, 6) is -0.426. The average Bonchev–Trinajstić information content (AvgIpc) is 2.91. The Kier molecular flexibility index (Phi) is 6.12. The van der Waals surface area contributed by atoms with Crippen molar-refractivity contribution in [3.8, 4) is 0 Å². The summed E-state index contributed by atoms with van der Waals surface area (Å²) >= 11 is 5.79. The zero-order valence-electron chi connectivity index (χ0n) is 13.2. The quantitative estimate of drug-likeness (QED) is 0.789. The lowest BCUT2D eigenvalue weighted by atomic mass is 10.1. The lowest BCUT2D eigenvalue weighted by Gasteiger charge is -2.23. The molecule has 1 atom stereocenters. The number of rotatable bonds is 7. The summed E-state index contributed by atoms with van der Waals surface area (Å²) in [5, 5.41) is 7.58. The second kappa shape index (κ2) is 8.08. The van der Waals surface area contributed by atoms with Gasteiger partial charge in [-0.25, -0.2) is 4.39 Å². The van der Waals surface area contributed by atoms with Crippen molar-refractivity contribution in [1.82, 2.24) is 20.0 Å². The minimum absolute atomic E-state index is 0.111. The van der Waals surface area contributed by atoms with Gasteiger partial charge in [-0.15, -0.1) is 0 Å². The number of aromatic nitrogens is 2. The predicted octanol–water partition coefficient (Wildman–Crippen LogP) is 2.48. The maximum atomic E-state index is 13.0. The normalized spacial score (nSPS) is 12.4. The van der Waals surface area contributed by atoms with Gasteiger partial charge in [0.1, 0.15) is 11.9 Å². The summed E-state index contributed by atoms with van der Waals surface area (Å²) in [5.41, 5.74) is 0.757. The highest BCUT2D eigenvalue weighted by Crippen LogP contribution is 2.18. The second-order valence-corrected chi connectivity index (χ2v) is 5.92. The van der Waals surface area contributed by atoms with Crippen LogP contribution in [0.3, 0.4) is 0 Å². The number of aryl methyl sites for hydroxylation is 1. The van der Waals surface area contributed by atoms with Crippen LogP contribution in [0.4, 0.5) is 4.39 Å². The highest BCUT2D eigenvalue weighted by atomic mass is 35.5. The third-order valence-electron chi connectivity index (χ3n) is 3.42. The molecule has 7 heteroatoms. The smallest absolute Gasteiger partial charge is 0.241 e. The van der Waals surface area contributed by atoms with Crippen molar-refractivity contribution in [2.75, 3.05) is 20.6 Å². The molecule has 1 aromatic carbocycles. The number of hydrogen-bond acceptors (Lipinski definition) is 3. The van der Waals surface area contributed by atoms with Crippen LogP contribution < -0.4 is 5.32 Å². The molecular formula is C16H20ClFN4O. The van der Waals surface area contributed by atoms with E-state index in [0.29, 0.717) is 18.1 Å². The molecule has 0 saturated heterocycles. The number of carbonyl (C=O) groups is 1. The van der Waals surface area contributed by atoms with Crippen LogP contribution in [0.1, 0.15) is 18.0 Å². The topological polar surface area (TPSA) is 50.2 Å². The van der Waals surface area contributed by atoms with Gasteiger partial charge in [-0.05, 0) is 38.2 Å². The van der Waals surface area contributed by atoms with Crippen molar-refractivity contribution in [3.63, 3.8) is 0 Å². The lowest BCUT2D eigenvalue weighted by Crippen LogP contribution is -2.37. The molecular weight excluding hydrogens is 319 g/mol. The summed E-state index contributed by atoms with van der Waals surface area (Å²) in [6.45, 7) is 1.21. The first-order valence-corrected chi connectivity index (χ1v) is 7.72. The molecule has 2 aromatic rings. The SMILES string of the molecule is CN(C)C(C(=O)NCCCn1cc(Cl)cn1)c1ccc(F)cc1. The highest BCUT2D eigenvalue weighted by molar-refractivity contribution is 6.30. The summed E-state index contributed by atoms with van der Waals surface area (Å²) in [7, 11) is 3.64. The summed E-state index contributed by atoms with van der Waals surface area (Å²) in [6.07, 6.45) is 4.06. The molecule has 0 aliphatic rings. The molecule has 1 heterocycles. The van der Waals surface area contributed by atoms with Crippen LogP contribution in [-0.2, 0) is 11.3 Å². The minimum atomic E-state index is -0.449. The van der Waals surface area contributed by atoms with Crippen LogP contribution in [0.15, 0.2) is 36.7 Å². The van der Waals surface area contributed by atoms with Gasteiger partial charge >= 0.3 is 0 Å². The van der Waals surface area contributed by atoms with Gasteiger partial charge in [0.05, 0.1) is 11.2 Å². The first-order chi connectivity index (χ1) is 11.0. The molecule has 0 aliphatic carbocycles. The highest BCUT2D eigenvalue weighted by Gasteiger charge is 2.22. The van der Waals surface area contributed by atoms with Crippen molar-refractivity contribution < 1.29 is 9.18 Å². The Hall–Kier alpha value is -1.92. The second-order valence-electron chi connectivity index (χ2n) is 5.48. The third kappa shape index (κ3) is 5.04. The van der Waals surface area contributed by atoms with Gasteiger partial charge in [0.25, 0.3) is 0 Å². The first kappa shape index (κ1) is 17.4. The zero-order valence-corrected chi connectivity index (χ0v) is 13.9. The van der Waals surface area contributed by atoms with Gasteiger partial charge in [0.2, 0.25) is 5.91 Å². The monoisotopic (exact) mass is 338 g/mol. The van der Waals surface area contributed by atoms with E-state index in [4.69, 9.17) is 11.6 Å². The van der Waals surface area contributed by atoms with E-state index in [1.54, 1.807) is 34.1 Å². The zero-order chi connectivity index (χ0) is 16.8. The van der Waals surface area contributed by atoms with E-state index in [2.05, 4.69) is 10.4 Å². The molecule has 23 heavy (non-hydrogen) atoms. The van der Waals surface area contributed by atoms with Crippen molar-refractivity contribution >= 4 is 17.5 Å². The van der Waals surface area contributed by atoms with E-state index < -0.39 is 6.04 Å². The van der Waals surface area contributed by atoms with Crippen molar-refractivity contribution in [1.29, 1.82) is 0 Å². The third-order valence-corrected chi connectivity index (χ3v) is 3.61. The summed E-state index contributed by atoms with van der Waals surface area (Å²) < 4.78 is 14.8. The van der Waals surface area contributed by atoms with Gasteiger partial charge in [-0.3, -0.25) is 14.4 Å². The number of carbonyl (C=O) groups excluding carboxylic acids is 1. The average molecular weight is 339 g/mol. The largest absolute Gasteiger partial charge is 0.354 e. The Labute approximate surface area is 140 Å². The summed E-state index contributed by atoms with van der Waals surface area (Å²) in [6, 6.07) is 5.53. The molecule has 1 aromatic heterocycles. The Bertz CT molecular complexity index is 642. The molecule has 1 amide bonds. The number of nitrogens with zero attached hydrogens (tertiary/aromatic N) is 3. The van der Waals surface area contributed by atoms with Crippen molar-refractivity contribution in [2.24, 2.45) is 0 Å². The van der Waals surface area contributed by atoms with Crippen LogP contribution in [-0.4, -0.2) is 41.2 Å². The van der Waals surface area contributed by atoms with E-state index in [1.165, 1.54) is 12.1 Å². The fraction of sp³-hybridized carbons (Fsp3) is 0.375. The molecule has 0 spiro atoms. The Morgan fingerprint density at radius 3 is 2.65 bits per heavy atom. The van der Waals surface area contributed by atoms with Crippen molar-refractivity contribution in [3.05, 3.63) is 53.1 Å². The van der Waals surface area contributed by atoms with Crippen LogP contribution in [0.2, 0.25) is 5.02 Å². The minimum Gasteiger partial charge on any atom is -0.354 e. The standard InChI is InChI=1S/C16H20ClFN4O/c1-21(2)15(12-4-6-14(18)7-5-12)16(23)19-8-3-9-22-11-13(17)10-20-22/h4-7,10-11,15H,3,8-9H2,1-2H3,(H,19,23). The molecule has 0 radical (unpaired) electrons. The molecule has 2 rings (SSSR count). The van der Waals surface area contributed by atoms with E-state index >= 15 is 0 Å². The number of benzene rings is 1. The van der Waals surface area contributed by atoms with Crippen LogP contribution in [0.25, 0.3) is 0 Å². The van der Waals surface area contributed by atoms with Gasteiger partial charge in [0.15, 0.2) is 0 Å². The van der Waals surface area contributed by atoms with Crippen LogP contribution in [0.5, 0.6) is 0 Å². The Morgan fingerprint density at radius 1 is 1.39 bits per heavy atom. The van der Waals surface area contributed by atoms with Gasteiger partial charge < -0.3 is 5.32 Å². The molecule has 0 fully saturated rings. The lowest BCUT2D eigenvalue weighted by molar-refractivity contribution is -0.125. The number of halogens is 2. The fourth-order valence-corrected chi connectivity index (χ4v) is 2.50. The Balaban J connectivity index is 1.87. The molecule has 0 aliphatic heterocycles. The predicted molar refractivity (Wildman–Crippen MR) is 87.7 cm³/mol. The molecule has 1 N–H and O–H groups in total. The van der Waals surface area contributed by atoms with Gasteiger partial charge in [-0.2, -0.15) is 5.10 Å². The van der Waals surface area contributed by atoms with Crippen LogP contribution in [0, 0.1) is 5.82 Å². The molecule has 124 valence electrons. The molecule has 0 bridgehead atoms. The van der Waals surface area contributed by atoms with E-state index in [-0.39, 0.29) is 11.7 Å². The molecule has 1 unspecified atom stereocenters. The van der Waals surface area contributed by atoms with Gasteiger partial charge in [0, 0.05) is 19.3 Å². The maximum Gasteiger partial charge on any atom is 0.241 e. The van der Waals surface area contributed by atoms with E-state index in [9.17, 15) is 9.18 Å². The van der Waals surface area contributed by atoms with E-state index in [0.717, 1.165) is 12.0 Å². The van der Waals surface area contributed by atoms with Crippen LogP contribution >= 0.6 is 11.6 Å². The number of amides is 1. The number of likely N-dealkylation sites (N-methyl/N-ethyl adjacent to an activating group) is 1. The fourth-order valence-electron chi connectivity index (χ4n) is 2.34. The van der Waals surface area contributed by atoms with Crippen molar-refractivity contribution in [2.45, 2.75) is 19.0 Å².